The third-order valence-electron chi connectivity index (χ3n) is 2.38. The Bertz CT molecular complexity index is 145. The normalized spacial score (nSPS) is 40.7. The third-order valence-corrected chi connectivity index (χ3v) is 2.38. The van der Waals surface area contributed by atoms with Crippen molar-refractivity contribution in [2.75, 3.05) is 0 Å². The lowest BCUT2D eigenvalue weighted by Gasteiger charge is -2.28. The van der Waals surface area contributed by atoms with Crippen LogP contribution in [0.2, 0.25) is 0 Å². The molecule has 0 heterocycles. The molecule has 1 heteroatoms. The van der Waals surface area contributed by atoms with Crippen molar-refractivity contribution in [3.63, 3.8) is 0 Å². The Kier molecular flexibility index (Phi) is 2.34. The molecule has 0 radical (unpaired) electrons. The van der Waals surface area contributed by atoms with Gasteiger partial charge in [-0.15, -0.1) is 12.3 Å². The lowest BCUT2D eigenvalue weighted by atomic mass is 9.80. The van der Waals surface area contributed by atoms with Crippen molar-refractivity contribution in [3.8, 4) is 12.3 Å². The van der Waals surface area contributed by atoms with Crippen molar-refractivity contribution in [2.24, 2.45) is 17.6 Å². The zero-order valence-electron chi connectivity index (χ0n) is 6.51. The van der Waals surface area contributed by atoms with E-state index < -0.39 is 0 Å². The number of rotatable bonds is 0. The molecule has 0 aromatic carbocycles. The summed E-state index contributed by atoms with van der Waals surface area (Å²) in [5.74, 6) is 3.87. The standard InChI is InChI=1S/C9H15N/c1-3-8-5-4-7(2)6-9(8)10/h1,7-9H,4-6,10H2,2H3/t7-,8+,9+/m1/s1. The van der Waals surface area contributed by atoms with Gasteiger partial charge in [0.05, 0.1) is 0 Å². The van der Waals surface area contributed by atoms with E-state index in [1.807, 2.05) is 0 Å². The molecule has 1 rings (SSSR count). The maximum atomic E-state index is 5.84. The van der Waals surface area contributed by atoms with E-state index in [4.69, 9.17) is 12.2 Å². The van der Waals surface area contributed by atoms with Crippen LogP contribution < -0.4 is 5.73 Å². The van der Waals surface area contributed by atoms with Gasteiger partial charge in [0, 0.05) is 12.0 Å². The number of hydrogen-bond acceptors (Lipinski definition) is 1. The van der Waals surface area contributed by atoms with Gasteiger partial charge in [0.1, 0.15) is 0 Å². The average molecular weight is 137 g/mol. The lowest BCUT2D eigenvalue weighted by molar-refractivity contribution is 0.295. The monoisotopic (exact) mass is 137 g/mol. The Morgan fingerprint density at radius 3 is 2.70 bits per heavy atom. The molecule has 1 fully saturated rings. The van der Waals surface area contributed by atoms with E-state index in [9.17, 15) is 0 Å². The molecule has 1 saturated carbocycles. The van der Waals surface area contributed by atoms with Crippen molar-refractivity contribution < 1.29 is 0 Å². The predicted octanol–water partition coefficient (Wildman–Crippen LogP) is 1.38. The fourth-order valence-electron chi connectivity index (χ4n) is 1.63. The Balaban J connectivity index is 2.45. The van der Waals surface area contributed by atoms with Crippen molar-refractivity contribution in [3.05, 3.63) is 0 Å². The minimum Gasteiger partial charge on any atom is -0.327 e. The molecule has 0 aromatic rings. The van der Waals surface area contributed by atoms with Crippen LogP contribution >= 0.6 is 0 Å². The molecule has 0 spiro atoms. The highest BCUT2D eigenvalue weighted by molar-refractivity contribution is 5.00. The fourth-order valence-corrected chi connectivity index (χ4v) is 1.63. The molecule has 0 aromatic heterocycles. The van der Waals surface area contributed by atoms with Crippen LogP contribution in [0.15, 0.2) is 0 Å². The van der Waals surface area contributed by atoms with Crippen molar-refractivity contribution in [1.82, 2.24) is 0 Å². The molecular weight excluding hydrogens is 122 g/mol. The fraction of sp³-hybridized carbons (Fsp3) is 0.778. The zero-order valence-corrected chi connectivity index (χ0v) is 6.51. The van der Waals surface area contributed by atoms with Gasteiger partial charge in [0.25, 0.3) is 0 Å². The van der Waals surface area contributed by atoms with Gasteiger partial charge in [-0.2, -0.15) is 0 Å². The molecule has 2 N–H and O–H groups in total. The van der Waals surface area contributed by atoms with E-state index in [1.54, 1.807) is 0 Å². The zero-order chi connectivity index (χ0) is 7.56. The van der Waals surface area contributed by atoms with E-state index in [-0.39, 0.29) is 6.04 Å². The first-order chi connectivity index (χ1) is 4.74. The summed E-state index contributed by atoms with van der Waals surface area (Å²) in [6, 6.07) is 0.258. The van der Waals surface area contributed by atoms with Crippen molar-refractivity contribution in [2.45, 2.75) is 32.2 Å². The Morgan fingerprint density at radius 2 is 2.20 bits per heavy atom. The summed E-state index contributed by atoms with van der Waals surface area (Å²) in [5.41, 5.74) is 5.84. The van der Waals surface area contributed by atoms with Crippen LogP contribution in [0.4, 0.5) is 0 Å². The van der Waals surface area contributed by atoms with Crippen molar-refractivity contribution in [1.29, 1.82) is 0 Å². The van der Waals surface area contributed by atoms with E-state index in [0.717, 1.165) is 18.8 Å². The topological polar surface area (TPSA) is 26.0 Å². The summed E-state index contributed by atoms with van der Waals surface area (Å²) in [6.45, 7) is 2.24. The maximum absolute atomic E-state index is 5.84. The molecule has 0 amide bonds. The summed E-state index contributed by atoms with van der Waals surface area (Å²) >= 11 is 0. The van der Waals surface area contributed by atoms with Crippen LogP contribution in [0.3, 0.4) is 0 Å². The van der Waals surface area contributed by atoms with Gasteiger partial charge in [0.2, 0.25) is 0 Å². The average Bonchev–Trinajstić information content (AvgIpc) is 1.88. The SMILES string of the molecule is C#C[C@H]1CC[C@@H](C)C[C@@H]1N. The third kappa shape index (κ3) is 1.52. The predicted molar refractivity (Wildman–Crippen MR) is 43.3 cm³/mol. The van der Waals surface area contributed by atoms with Gasteiger partial charge in [0.15, 0.2) is 0 Å². The summed E-state index contributed by atoms with van der Waals surface area (Å²) in [7, 11) is 0. The van der Waals surface area contributed by atoms with Gasteiger partial charge in [-0.05, 0) is 25.2 Å². The van der Waals surface area contributed by atoms with E-state index in [2.05, 4.69) is 12.8 Å². The highest BCUT2D eigenvalue weighted by atomic mass is 14.7. The second-order valence-corrected chi connectivity index (χ2v) is 3.36. The second kappa shape index (κ2) is 3.07. The van der Waals surface area contributed by atoms with Crippen molar-refractivity contribution >= 4 is 0 Å². The summed E-state index contributed by atoms with van der Waals surface area (Å²) in [5, 5.41) is 0. The van der Waals surface area contributed by atoms with Crippen LogP contribution in [0, 0.1) is 24.2 Å². The minimum atomic E-state index is 0.258. The molecule has 1 nitrogen and oxygen atoms in total. The number of terminal acetylenes is 1. The first-order valence-electron chi connectivity index (χ1n) is 3.95. The van der Waals surface area contributed by atoms with E-state index in [0.29, 0.717) is 5.92 Å². The van der Waals surface area contributed by atoms with Gasteiger partial charge in [-0.1, -0.05) is 6.92 Å². The number of nitrogens with two attached hydrogens (primary N) is 1. The van der Waals surface area contributed by atoms with Crippen LogP contribution in [0.25, 0.3) is 0 Å². The van der Waals surface area contributed by atoms with Gasteiger partial charge in [-0.3, -0.25) is 0 Å². The number of hydrogen-bond donors (Lipinski definition) is 1. The lowest BCUT2D eigenvalue weighted by Crippen LogP contribution is -2.34. The molecule has 56 valence electrons. The highest BCUT2D eigenvalue weighted by Crippen LogP contribution is 2.26. The molecule has 1 aliphatic carbocycles. The first kappa shape index (κ1) is 7.63. The van der Waals surface area contributed by atoms with E-state index in [1.165, 1.54) is 6.42 Å². The Labute approximate surface area is 63.0 Å². The molecule has 1 aliphatic rings. The summed E-state index contributed by atoms with van der Waals surface area (Å²) < 4.78 is 0. The largest absolute Gasteiger partial charge is 0.327 e. The molecule has 0 saturated heterocycles. The van der Waals surface area contributed by atoms with Gasteiger partial charge < -0.3 is 5.73 Å². The van der Waals surface area contributed by atoms with Crippen LogP contribution in [-0.4, -0.2) is 6.04 Å². The second-order valence-electron chi connectivity index (χ2n) is 3.36. The Morgan fingerprint density at radius 1 is 1.50 bits per heavy atom. The quantitative estimate of drug-likeness (QED) is 0.501. The molecule has 0 unspecified atom stereocenters. The molecular formula is C9H15N. The van der Waals surface area contributed by atoms with Gasteiger partial charge in [-0.25, -0.2) is 0 Å². The molecule has 10 heavy (non-hydrogen) atoms. The van der Waals surface area contributed by atoms with Crippen LogP contribution in [-0.2, 0) is 0 Å². The van der Waals surface area contributed by atoms with Crippen LogP contribution in [0.5, 0.6) is 0 Å². The van der Waals surface area contributed by atoms with Crippen LogP contribution in [0.1, 0.15) is 26.2 Å². The molecule has 0 aliphatic heterocycles. The highest BCUT2D eigenvalue weighted by Gasteiger charge is 2.23. The summed E-state index contributed by atoms with van der Waals surface area (Å²) in [6.07, 6.45) is 8.79. The summed E-state index contributed by atoms with van der Waals surface area (Å²) in [4.78, 5) is 0. The van der Waals surface area contributed by atoms with Gasteiger partial charge >= 0.3 is 0 Å². The van der Waals surface area contributed by atoms with E-state index >= 15 is 0 Å². The first-order valence-corrected chi connectivity index (χ1v) is 3.95. The smallest absolute Gasteiger partial charge is 0.0351 e. The molecule has 3 atom stereocenters. The maximum Gasteiger partial charge on any atom is 0.0351 e. The minimum absolute atomic E-state index is 0.258. The molecule has 0 bridgehead atoms. The Hall–Kier alpha value is -0.480.